The summed E-state index contributed by atoms with van der Waals surface area (Å²) in [5, 5.41) is 12.5. The number of rotatable bonds is 5. The third-order valence-corrected chi connectivity index (χ3v) is 3.29. The fourth-order valence-corrected chi connectivity index (χ4v) is 1.75. The van der Waals surface area contributed by atoms with E-state index in [0.717, 1.165) is 18.1 Å². The van der Waals surface area contributed by atoms with Crippen LogP contribution in [0.25, 0.3) is 0 Å². The van der Waals surface area contributed by atoms with Crippen molar-refractivity contribution in [1.29, 1.82) is 0 Å². The van der Waals surface area contributed by atoms with Crippen molar-refractivity contribution in [3.8, 4) is 0 Å². The lowest BCUT2D eigenvalue weighted by Gasteiger charge is -2.30. The van der Waals surface area contributed by atoms with Crippen molar-refractivity contribution >= 4 is 11.6 Å². The van der Waals surface area contributed by atoms with Crippen molar-refractivity contribution in [2.24, 2.45) is 0 Å². The number of nitrogens with zero attached hydrogens (tertiary/aromatic N) is 2. The molecule has 4 N–H and O–H groups in total. The Morgan fingerprint density at radius 1 is 1.26 bits per heavy atom. The minimum absolute atomic E-state index is 0.143. The number of aromatic nitrogens is 2. The van der Waals surface area contributed by atoms with Crippen LogP contribution in [0.2, 0.25) is 0 Å². The van der Waals surface area contributed by atoms with E-state index in [1.807, 2.05) is 0 Å². The first kappa shape index (κ1) is 15.7. The maximum Gasteiger partial charge on any atom is 0.138 e. The van der Waals surface area contributed by atoms with Crippen LogP contribution in [-0.2, 0) is 5.41 Å². The van der Waals surface area contributed by atoms with Gasteiger partial charge in [-0.05, 0) is 19.8 Å². The number of aliphatic hydroxyl groups excluding tert-OH is 1. The molecule has 0 spiro atoms. The summed E-state index contributed by atoms with van der Waals surface area (Å²) in [4.78, 5) is 8.82. The highest BCUT2D eigenvalue weighted by molar-refractivity contribution is 5.47. The summed E-state index contributed by atoms with van der Waals surface area (Å²) in [5.74, 6) is 1.90. The SMILES string of the molecule is CCC(C)(CCO)Nc1cc(N)nc(C(C)(C)C)n1. The minimum atomic E-state index is -0.190. The third-order valence-electron chi connectivity index (χ3n) is 3.29. The fraction of sp³-hybridized carbons (Fsp3) is 0.714. The molecule has 108 valence electrons. The molecule has 0 aliphatic carbocycles. The molecule has 0 bridgehead atoms. The molecule has 0 fully saturated rings. The van der Waals surface area contributed by atoms with Crippen molar-refractivity contribution < 1.29 is 5.11 Å². The highest BCUT2D eigenvalue weighted by atomic mass is 16.3. The predicted molar refractivity (Wildman–Crippen MR) is 79.2 cm³/mol. The minimum Gasteiger partial charge on any atom is -0.396 e. The van der Waals surface area contributed by atoms with E-state index in [0.29, 0.717) is 12.2 Å². The van der Waals surface area contributed by atoms with Gasteiger partial charge in [0.05, 0.1) is 0 Å². The Bertz CT molecular complexity index is 428. The molecule has 1 atom stereocenters. The molecule has 1 unspecified atom stereocenters. The first-order chi connectivity index (χ1) is 8.70. The van der Waals surface area contributed by atoms with Crippen molar-refractivity contribution in [1.82, 2.24) is 9.97 Å². The van der Waals surface area contributed by atoms with Crippen LogP contribution in [0.4, 0.5) is 11.6 Å². The monoisotopic (exact) mass is 266 g/mol. The Morgan fingerprint density at radius 2 is 1.89 bits per heavy atom. The third kappa shape index (κ3) is 4.35. The zero-order valence-electron chi connectivity index (χ0n) is 12.6. The van der Waals surface area contributed by atoms with Gasteiger partial charge in [0.25, 0.3) is 0 Å². The predicted octanol–water partition coefficient (Wildman–Crippen LogP) is 2.32. The Hall–Kier alpha value is -1.36. The van der Waals surface area contributed by atoms with Crippen LogP contribution in [0.3, 0.4) is 0 Å². The van der Waals surface area contributed by atoms with Gasteiger partial charge in [0.2, 0.25) is 0 Å². The Morgan fingerprint density at radius 3 is 2.37 bits per heavy atom. The van der Waals surface area contributed by atoms with E-state index in [9.17, 15) is 0 Å². The molecule has 1 aromatic rings. The largest absolute Gasteiger partial charge is 0.396 e. The Labute approximate surface area is 115 Å². The topological polar surface area (TPSA) is 84.1 Å². The van der Waals surface area contributed by atoms with Crippen LogP contribution < -0.4 is 11.1 Å². The molecule has 0 radical (unpaired) electrons. The normalized spacial score (nSPS) is 15.1. The van der Waals surface area contributed by atoms with Gasteiger partial charge >= 0.3 is 0 Å². The summed E-state index contributed by atoms with van der Waals surface area (Å²) < 4.78 is 0. The van der Waals surface area contributed by atoms with Crippen LogP contribution in [-0.4, -0.2) is 27.2 Å². The van der Waals surface area contributed by atoms with Crippen LogP contribution in [0.15, 0.2) is 6.07 Å². The van der Waals surface area contributed by atoms with Crippen LogP contribution in [0, 0.1) is 0 Å². The summed E-state index contributed by atoms with van der Waals surface area (Å²) in [5.41, 5.74) is 5.51. The molecule has 0 aromatic carbocycles. The van der Waals surface area contributed by atoms with Crippen LogP contribution in [0.5, 0.6) is 0 Å². The highest BCUT2D eigenvalue weighted by Gasteiger charge is 2.24. The maximum absolute atomic E-state index is 9.15. The van der Waals surface area contributed by atoms with Gasteiger partial charge in [0, 0.05) is 23.6 Å². The van der Waals surface area contributed by atoms with E-state index in [-0.39, 0.29) is 17.6 Å². The Kier molecular flexibility index (Phi) is 4.74. The second kappa shape index (κ2) is 5.74. The first-order valence-electron chi connectivity index (χ1n) is 6.74. The van der Waals surface area contributed by atoms with Crippen molar-refractivity contribution in [2.75, 3.05) is 17.7 Å². The van der Waals surface area contributed by atoms with Crippen molar-refractivity contribution in [2.45, 2.75) is 58.4 Å². The second-order valence-electron chi connectivity index (χ2n) is 6.26. The van der Waals surface area contributed by atoms with Crippen LogP contribution in [0.1, 0.15) is 53.3 Å². The van der Waals surface area contributed by atoms with Gasteiger partial charge in [-0.1, -0.05) is 27.7 Å². The van der Waals surface area contributed by atoms with E-state index in [2.05, 4.69) is 49.9 Å². The van der Waals surface area contributed by atoms with Gasteiger partial charge in [0.15, 0.2) is 0 Å². The number of nitrogen functional groups attached to an aromatic ring is 1. The zero-order chi connectivity index (χ0) is 14.7. The number of nitrogens with two attached hydrogens (primary N) is 1. The van der Waals surface area contributed by atoms with Crippen molar-refractivity contribution in [3.63, 3.8) is 0 Å². The molecule has 0 saturated carbocycles. The molecule has 0 saturated heterocycles. The summed E-state index contributed by atoms with van der Waals surface area (Å²) in [6.07, 6.45) is 1.56. The van der Waals surface area contributed by atoms with Gasteiger partial charge in [-0.25, -0.2) is 9.97 Å². The molecule has 5 nitrogen and oxygen atoms in total. The number of nitrogens with one attached hydrogen (secondary N) is 1. The zero-order valence-corrected chi connectivity index (χ0v) is 12.6. The summed E-state index contributed by atoms with van der Waals surface area (Å²) in [6.45, 7) is 10.5. The molecule has 1 rings (SSSR count). The van der Waals surface area contributed by atoms with E-state index < -0.39 is 0 Å². The van der Waals surface area contributed by atoms with Gasteiger partial charge < -0.3 is 16.2 Å². The van der Waals surface area contributed by atoms with Gasteiger partial charge in [-0.15, -0.1) is 0 Å². The molecule has 0 aliphatic rings. The maximum atomic E-state index is 9.15. The van der Waals surface area contributed by atoms with Crippen molar-refractivity contribution in [3.05, 3.63) is 11.9 Å². The number of hydrogen-bond acceptors (Lipinski definition) is 5. The molecule has 5 heteroatoms. The molecule has 19 heavy (non-hydrogen) atoms. The smallest absolute Gasteiger partial charge is 0.138 e. The number of anilines is 2. The second-order valence-corrected chi connectivity index (χ2v) is 6.26. The van der Waals surface area contributed by atoms with E-state index in [1.165, 1.54) is 0 Å². The van der Waals surface area contributed by atoms with Gasteiger partial charge in [-0.3, -0.25) is 0 Å². The molecule has 0 amide bonds. The lowest BCUT2D eigenvalue weighted by molar-refractivity contribution is 0.251. The van der Waals surface area contributed by atoms with E-state index in [4.69, 9.17) is 10.8 Å². The molecular weight excluding hydrogens is 240 g/mol. The summed E-state index contributed by atoms with van der Waals surface area (Å²) >= 11 is 0. The Balaban J connectivity index is 3.04. The fourth-order valence-electron chi connectivity index (χ4n) is 1.75. The summed E-state index contributed by atoms with van der Waals surface area (Å²) in [6, 6.07) is 1.74. The standard InChI is InChI=1S/C14H26N4O/c1-6-14(5,7-8-19)18-11-9-10(15)16-12(17-11)13(2,3)4/h9,19H,6-8H2,1-5H3,(H3,15,16,17,18). The average Bonchev–Trinajstić information content (AvgIpc) is 2.27. The van der Waals surface area contributed by atoms with E-state index in [1.54, 1.807) is 6.07 Å². The molecular formula is C14H26N4O. The molecule has 1 aromatic heterocycles. The summed E-state index contributed by atoms with van der Waals surface area (Å²) in [7, 11) is 0. The highest BCUT2D eigenvalue weighted by Crippen LogP contribution is 2.25. The molecule has 0 aliphatic heterocycles. The number of aliphatic hydroxyl groups is 1. The lowest BCUT2D eigenvalue weighted by Crippen LogP contribution is -2.35. The lowest BCUT2D eigenvalue weighted by atomic mass is 9.94. The van der Waals surface area contributed by atoms with E-state index >= 15 is 0 Å². The quantitative estimate of drug-likeness (QED) is 0.761. The first-order valence-corrected chi connectivity index (χ1v) is 6.74. The van der Waals surface area contributed by atoms with Gasteiger partial charge in [0.1, 0.15) is 17.5 Å². The van der Waals surface area contributed by atoms with Crippen LogP contribution >= 0.6 is 0 Å². The van der Waals surface area contributed by atoms with Gasteiger partial charge in [-0.2, -0.15) is 0 Å². The number of hydrogen-bond donors (Lipinski definition) is 3. The molecule has 1 heterocycles. The average molecular weight is 266 g/mol.